The molecule has 1 saturated carbocycles. The van der Waals surface area contributed by atoms with E-state index in [1.807, 2.05) is 31.0 Å². The van der Waals surface area contributed by atoms with Gasteiger partial charge in [0.15, 0.2) is 0 Å². The van der Waals surface area contributed by atoms with Crippen molar-refractivity contribution >= 4 is 11.6 Å². The van der Waals surface area contributed by atoms with Crippen LogP contribution in [0.5, 0.6) is 0 Å². The molecule has 1 aliphatic carbocycles. The first-order valence-electron chi connectivity index (χ1n) is 11.5. The van der Waals surface area contributed by atoms with Gasteiger partial charge >= 0.3 is 6.18 Å². The molecule has 0 spiro atoms. The lowest BCUT2D eigenvalue weighted by Crippen LogP contribution is -2.42. The van der Waals surface area contributed by atoms with Gasteiger partial charge in [0.1, 0.15) is 5.69 Å². The third-order valence-electron chi connectivity index (χ3n) is 6.98. The second-order valence-electron chi connectivity index (χ2n) is 10.1. The zero-order valence-corrected chi connectivity index (χ0v) is 19.6. The highest BCUT2D eigenvalue weighted by molar-refractivity contribution is 5.97. The van der Waals surface area contributed by atoms with Crippen LogP contribution in [0.3, 0.4) is 0 Å². The van der Waals surface area contributed by atoms with Crippen molar-refractivity contribution in [3.8, 4) is 0 Å². The molecular formula is C25H31F3N4O. The average Bonchev–Trinajstić information content (AvgIpc) is 3.03. The van der Waals surface area contributed by atoms with Gasteiger partial charge in [-0.15, -0.1) is 0 Å². The maximum absolute atomic E-state index is 13.4. The Balaban J connectivity index is 1.35. The predicted octanol–water partition coefficient (Wildman–Crippen LogP) is 5.12. The second-order valence-corrected chi connectivity index (χ2v) is 10.1. The van der Waals surface area contributed by atoms with Crippen molar-refractivity contribution < 1.29 is 18.0 Å². The predicted molar refractivity (Wildman–Crippen MR) is 121 cm³/mol. The Labute approximate surface area is 193 Å². The van der Waals surface area contributed by atoms with Crippen molar-refractivity contribution in [2.45, 2.75) is 70.6 Å². The monoisotopic (exact) mass is 460 g/mol. The van der Waals surface area contributed by atoms with E-state index in [0.717, 1.165) is 54.4 Å². The van der Waals surface area contributed by atoms with E-state index in [9.17, 15) is 18.0 Å². The number of rotatable bonds is 4. The fraction of sp³-hybridized carbons (Fsp3) is 0.560. The van der Waals surface area contributed by atoms with Gasteiger partial charge in [0, 0.05) is 42.4 Å². The van der Waals surface area contributed by atoms with E-state index in [2.05, 4.69) is 23.7 Å². The van der Waals surface area contributed by atoms with Gasteiger partial charge in [0.2, 0.25) is 5.91 Å². The lowest BCUT2D eigenvalue weighted by Gasteiger charge is -2.35. The molecule has 0 saturated heterocycles. The largest absolute Gasteiger partial charge is 0.433 e. The number of carbonyl (C=O) groups is 1. The molecule has 3 heterocycles. The molecule has 4 rings (SSSR count). The first kappa shape index (κ1) is 23.7. The van der Waals surface area contributed by atoms with Crippen molar-refractivity contribution in [2.75, 3.05) is 18.5 Å². The molecule has 0 atom stereocenters. The van der Waals surface area contributed by atoms with E-state index in [1.54, 1.807) is 0 Å². The van der Waals surface area contributed by atoms with Crippen LogP contribution in [0.4, 0.5) is 18.9 Å². The molecule has 0 radical (unpaired) electrons. The lowest BCUT2D eigenvalue weighted by molar-refractivity contribution is -0.141. The Morgan fingerprint density at radius 1 is 1.15 bits per heavy atom. The number of carbonyl (C=O) groups excluding carboxylic acids is 1. The Bertz CT molecular complexity index is 1010. The number of aryl methyl sites for hydroxylation is 1. The average molecular weight is 461 g/mol. The van der Waals surface area contributed by atoms with Crippen LogP contribution in [0.15, 0.2) is 30.5 Å². The number of aromatic nitrogens is 2. The molecule has 0 unspecified atom stereocenters. The van der Waals surface area contributed by atoms with Gasteiger partial charge in [0.25, 0.3) is 0 Å². The molecular weight excluding hydrogens is 429 g/mol. The second kappa shape index (κ2) is 8.70. The van der Waals surface area contributed by atoms with E-state index >= 15 is 0 Å². The number of anilines is 1. The summed E-state index contributed by atoms with van der Waals surface area (Å²) in [5.41, 5.74) is 2.61. The van der Waals surface area contributed by atoms with Crippen LogP contribution in [0.1, 0.15) is 62.2 Å². The van der Waals surface area contributed by atoms with Crippen LogP contribution < -0.4 is 4.90 Å². The number of nitrogens with zero attached hydrogens (tertiary/aromatic N) is 4. The molecule has 2 aromatic heterocycles. The minimum absolute atomic E-state index is 0.00885. The van der Waals surface area contributed by atoms with Gasteiger partial charge in [-0.05, 0) is 63.4 Å². The molecule has 178 valence electrons. The van der Waals surface area contributed by atoms with E-state index in [1.165, 1.54) is 12.3 Å². The molecule has 0 bridgehead atoms. The van der Waals surface area contributed by atoms with Gasteiger partial charge in [-0.25, -0.2) is 0 Å². The van der Waals surface area contributed by atoms with E-state index in [4.69, 9.17) is 4.98 Å². The SMILES string of the molecule is Cc1ccc2c(n1)C(C)(C)CN2C(=O)C1CCC(N(C)Cc2ccc(C(F)(F)F)nc2)CC1. The number of amides is 1. The van der Waals surface area contributed by atoms with Crippen LogP contribution in [-0.2, 0) is 22.9 Å². The van der Waals surface area contributed by atoms with Gasteiger partial charge in [-0.1, -0.05) is 19.9 Å². The highest BCUT2D eigenvalue weighted by Crippen LogP contribution is 2.41. The summed E-state index contributed by atoms with van der Waals surface area (Å²) in [6, 6.07) is 6.79. The summed E-state index contributed by atoms with van der Waals surface area (Å²) >= 11 is 0. The molecule has 8 heteroatoms. The van der Waals surface area contributed by atoms with E-state index < -0.39 is 11.9 Å². The smallest absolute Gasteiger partial charge is 0.309 e. The van der Waals surface area contributed by atoms with Crippen molar-refractivity contribution in [3.05, 3.63) is 53.1 Å². The summed E-state index contributed by atoms with van der Waals surface area (Å²) in [6.07, 6.45) is 0.274. The maximum atomic E-state index is 13.4. The summed E-state index contributed by atoms with van der Waals surface area (Å²) in [6.45, 7) is 7.42. The van der Waals surface area contributed by atoms with Crippen molar-refractivity contribution in [2.24, 2.45) is 5.92 Å². The first-order valence-corrected chi connectivity index (χ1v) is 11.5. The Morgan fingerprint density at radius 2 is 1.85 bits per heavy atom. The van der Waals surface area contributed by atoms with Crippen LogP contribution in [0.25, 0.3) is 0 Å². The molecule has 1 amide bonds. The van der Waals surface area contributed by atoms with Crippen LogP contribution >= 0.6 is 0 Å². The summed E-state index contributed by atoms with van der Waals surface area (Å²) in [4.78, 5) is 25.7. The first-order chi connectivity index (χ1) is 15.5. The zero-order chi connectivity index (χ0) is 24.0. The summed E-state index contributed by atoms with van der Waals surface area (Å²) in [5.74, 6) is 0.172. The molecule has 0 aromatic carbocycles. The van der Waals surface area contributed by atoms with Gasteiger partial charge in [-0.3, -0.25) is 19.7 Å². The van der Waals surface area contributed by atoms with Crippen LogP contribution in [-0.4, -0.2) is 40.4 Å². The van der Waals surface area contributed by atoms with Crippen LogP contribution in [0, 0.1) is 12.8 Å². The van der Waals surface area contributed by atoms with Crippen molar-refractivity contribution in [1.82, 2.24) is 14.9 Å². The van der Waals surface area contributed by atoms with E-state index in [0.29, 0.717) is 19.1 Å². The Morgan fingerprint density at radius 3 is 2.45 bits per heavy atom. The normalized spacial score (nSPS) is 22.5. The Kier molecular flexibility index (Phi) is 6.24. The zero-order valence-electron chi connectivity index (χ0n) is 19.6. The number of alkyl halides is 3. The quantitative estimate of drug-likeness (QED) is 0.636. The van der Waals surface area contributed by atoms with Crippen molar-refractivity contribution in [1.29, 1.82) is 0 Å². The van der Waals surface area contributed by atoms with Gasteiger partial charge in [-0.2, -0.15) is 13.2 Å². The molecule has 33 heavy (non-hydrogen) atoms. The van der Waals surface area contributed by atoms with Crippen LogP contribution in [0.2, 0.25) is 0 Å². The third-order valence-corrected chi connectivity index (χ3v) is 6.98. The Hall–Kier alpha value is -2.48. The minimum Gasteiger partial charge on any atom is -0.309 e. The maximum Gasteiger partial charge on any atom is 0.433 e. The molecule has 0 N–H and O–H groups in total. The van der Waals surface area contributed by atoms with Crippen molar-refractivity contribution in [3.63, 3.8) is 0 Å². The molecule has 2 aliphatic rings. The third kappa shape index (κ3) is 4.90. The molecule has 1 aliphatic heterocycles. The highest BCUT2D eigenvalue weighted by Gasteiger charge is 2.42. The fourth-order valence-corrected chi connectivity index (χ4v) is 5.10. The number of hydrogen-bond acceptors (Lipinski definition) is 4. The standard InChI is InChI=1S/C25H31F3N4O/c1-16-5-11-20-22(30-16)24(2,3)15-32(20)23(33)18-7-9-19(10-8-18)31(4)14-17-6-12-21(29-13-17)25(26,27)28/h5-6,11-13,18-19H,7-10,14-15H2,1-4H3. The number of hydrogen-bond donors (Lipinski definition) is 0. The lowest BCUT2D eigenvalue weighted by atomic mass is 9.84. The topological polar surface area (TPSA) is 49.3 Å². The summed E-state index contributed by atoms with van der Waals surface area (Å²) in [7, 11) is 1.98. The van der Waals surface area contributed by atoms with Gasteiger partial charge in [0.05, 0.1) is 11.4 Å². The highest BCUT2D eigenvalue weighted by atomic mass is 19.4. The molecule has 1 fully saturated rings. The fourth-order valence-electron chi connectivity index (χ4n) is 5.10. The molecule has 2 aromatic rings. The van der Waals surface area contributed by atoms with E-state index in [-0.39, 0.29) is 17.2 Å². The minimum atomic E-state index is -4.42. The number of pyridine rings is 2. The molecule has 5 nitrogen and oxygen atoms in total. The summed E-state index contributed by atoms with van der Waals surface area (Å²) in [5, 5.41) is 0. The number of fused-ring (bicyclic) bond motifs is 1. The number of halogens is 3. The van der Waals surface area contributed by atoms with Gasteiger partial charge < -0.3 is 4.90 Å². The summed E-state index contributed by atoms with van der Waals surface area (Å²) < 4.78 is 38.2.